The fraction of sp³-hybridized carbons (Fsp3) is 0.500. The van der Waals surface area contributed by atoms with Gasteiger partial charge in [-0.1, -0.05) is 29.5 Å². The molecule has 0 atom stereocenters. The second kappa shape index (κ2) is 11.6. The summed E-state index contributed by atoms with van der Waals surface area (Å²) in [6, 6.07) is 9.24. The summed E-state index contributed by atoms with van der Waals surface area (Å²) >= 11 is 1.27. The van der Waals surface area contributed by atoms with Crippen LogP contribution in [0.4, 0.5) is 5.69 Å². The SMILES string of the molecule is O=C(CCCc1nnc(C(=O)Nc2ccccc2)s1)NCCCN1CCOCC1. The Bertz CT molecular complexity index is 777. The molecule has 0 bridgehead atoms. The lowest BCUT2D eigenvalue weighted by Gasteiger charge is -2.26. The van der Waals surface area contributed by atoms with Crippen LogP contribution < -0.4 is 10.6 Å². The molecule has 9 heteroatoms. The molecule has 1 aliphatic heterocycles. The summed E-state index contributed by atoms with van der Waals surface area (Å²) in [7, 11) is 0. The highest BCUT2D eigenvalue weighted by Crippen LogP contribution is 2.15. The maximum Gasteiger partial charge on any atom is 0.286 e. The Labute approximate surface area is 174 Å². The first kappa shape index (κ1) is 21.4. The Hall–Kier alpha value is -2.36. The third-order valence-electron chi connectivity index (χ3n) is 4.56. The molecule has 0 radical (unpaired) electrons. The van der Waals surface area contributed by atoms with E-state index in [2.05, 4.69) is 25.7 Å². The maximum absolute atomic E-state index is 12.2. The van der Waals surface area contributed by atoms with Crippen LogP contribution in [0.5, 0.6) is 0 Å². The molecule has 2 N–H and O–H groups in total. The number of nitrogens with zero attached hydrogens (tertiary/aromatic N) is 3. The molecule has 2 amide bonds. The Morgan fingerprint density at radius 2 is 1.90 bits per heavy atom. The first-order chi connectivity index (χ1) is 14.2. The highest BCUT2D eigenvalue weighted by molar-refractivity contribution is 7.13. The van der Waals surface area contributed by atoms with Gasteiger partial charge in [-0.15, -0.1) is 10.2 Å². The van der Waals surface area contributed by atoms with E-state index in [1.165, 1.54) is 11.3 Å². The van der Waals surface area contributed by atoms with Gasteiger partial charge in [0.25, 0.3) is 5.91 Å². The Morgan fingerprint density at radius 3 is 2.69 bits per heavy atom. The Morgan fingerprint density at radius 1 is 1.10 bits per heavy atom. The van der Waals surface area contributed by atoms with E-state index in [1.54, 1.807) is 0 Å². The van der Waals surface area contributed by atoms with Crippen molar-refractivity contribution in [2.24, 2.45) is 0 Å². The molecule has 1 aromatic carbocycles. The lowest BCUT2D eigenvalue weighted by molar-refractivity contribution is -0.121. The van der Waals surface area contributed by atoms with Gasteiger partial charge >= 0.3 is 0 Å². The lowest BCUT2D eigenvalue weighted by atomic mass is 10.2. The quantitative estimate of drug-likeness (QED) is 0.574. The second-order valence-electron chi connectivity index (χ2n) is 6.83. The van der Waals surface area contributed by atoms with Crippen LogP contribution in [0.25, 0.3) is 0 Å². The average molecular weight is 418 g/mol. The summed E-state index contributed by atoms with van der Waals surface area (Å²) in [4.78, 5) is 26.5. The van der Waals surface area contributed by atoms with Crippen molar-refractivity contribution in [3.8, 4) is 0 Å². The molecule has 0 unspecified atom stereocenters. The minimum Gasteiger partial charge on any atom is -0.379 e. The number of nitrogens with one attached hydrogen (secondary N) is 2. The van der Waals surface area contributed by atoms with Gasteiger partial charge in [0, 0.05) is 38.2 Å². The van der Waals surface area contributed by atoms with Gasteiger partial charge in [-0.2, -0.15) is 0 Å². The van der Waals surface area contributed by atoms with Gasteiger partial charge in [0.15, 0.2) is 0 Å². The van der Waals surface area contributed by atoms with Crippen molar-refractivity contribution in [2.45, 2.75) is 25.7 Å². The molecule has 156 valence electrons. The first-order valence-corrected chi connectivity index (χ1v) is 10.8. The number of anilines is 1. The molecule has 0 aliphatic carbocycles. The van der Waals surface area contributed by atoms with Gasteiger partial charge in [0.2, 0.25) is 10.9 Å². The first-order valence-electron chi connectivity index (χ1n) is 9.96. The number of carbonyl (C=O) groups is 2. The van der Waals surface area contributed by atoms with Crippen molar-refractivity contribution in [1.29, 1.82) is 0 Å². The van der Waals surface area contributed by atoms with Crippen molar-refractivity contribution in [2.75, 3.05) is 44.7 Å². The van der Waals surface area contributed by atoms with Crippen molar-refractivity contribution in [3.63, 3.8) is 0 Å². The van der Waals surface area contributed by atoms with Gasteiger partial charge < -0.3 is 15.4 Å². The van der Waals surface area contributed by atoms with Crippen LogP contribution in [0, 0.1) is 0 Å². The van der Waals surface area contributed by atoms with Gasteiger partial charge in [-0.25, -0.2) is 0 Å². The molecule has 0 saturated carbocycles. The number of benzene rings is 1. The van der Waals surface area contributed by atoms with Crippen molar-refractivity contribution < 1.29 is 14.3 Å². The van der Waals surface area contributed by atoms with E-state index in [9.17, 15) is 9.59 Å². The number of ether oxygens (including phenoxy) is 1. The maximum atomic E-state index is 12.2. The molecule has 3 rings (SSSR count). The molecule has 29 heavy (non-hydrogen) atoms. The fourth-order valence-electron chi connectivity index (χ4n) is 3.00. The fourth-order valence-corrected chi connectivity index (χ4v) is 3.77. The van der Waals surface area contributed by atoms with E-state index >= 15 is 0 Å². The predicted octanol–water partition coefficient (Wildman–Crippen LogP) is 1.95. The zero-order valence-electron chi connectivity index (χ0n) is 16.4. The molecule has 1 aromatic heterocycles. The normalized spacial score (nSPS) is 14.5. The number of amides is 2. The van der Waals surface area contributed by atoms with Crippen LogP contribution in [0.2, 0.25) is 0 Å². The van der Waals surface area contributed by atoms with Crippen LogP contribution >= 0.6 is 11.3 Å². The molecule has 2 aromatic rings. The summed E-state index contributed by atoms with van der Waals surface area (Å²) in [6.07, 6.45) is 2.71. The smallest absolute Gasteiger partial charge is 0.286 e. The number of aryl methyl sites for hydroxylation is 1. The zero-order valence-corrected chi connectivity index (χ0v) is 17.2. The van der Waals surface area contributed by atoms with Crippen LogP contribution in [0.1, 0.15) is 34.1 Å². The number of para-hydroxylation sites is 1. The topological polar surface area (TPSA) is 96.5 Å². The van der Waals surface area contributed by atoms with Crippen molar-refractivity contribution in [3.05, 3.63) is 40.3 Å². The van der Waals surface area contributed by atoms with E-state index in [-0.39, 0.29) is 11.8 Å². The number of carbonyl (C=O) groups excluding carboxylic acids is 2. The number of rotatable bonds is 10. The zero-order chi connectivity index (χ0) is 20.3. The minimum atomic E-state index is -0.266. The summed E-state index contributed by atoms with van der Waals surface area (Å²) in [6.45, 7) is 5.23. The molecule has 1 saturated heterocycles. The average Bonchev–Trinajstić information content (AvgIpc) is 3.22. The minimum absolute atomic E-state index is 0.0542. The highest BCUT2D eigenvalue weighted by Gasteiger charge is 2.13. The molecule has 1 fully saturated rings. The Balaban J connectivity index is 1.29. The molecular formula is C20H27N5O3S. The van der Waals surface area contributed by atoms with Crippen LogP contribution in [-0.4, -0.2) is 66.3 Å². The van der Waals surface area contributed by atoms with Gasteiger partial charge in [0.1, 0.15) is 5.01 Å². The molecule has 2 heterocycles. The summed E-state index contributed by atoms with van der Waals surface area (Å²) in [5, 5.41) is 14.9. The number of hydrogen-bond acceptors (Lipinski definition) is 7. The monoisotopic (exact) mass is 417 g/mol. The van der Waals surface area contributed by atoms with E-state index in [0.29, 0.717) is 30.8 Å². The van der Waals surface area contributed by atoms with Crippen LogP contribution in [0.3, 0.4) is 0 Å². The van der Waals surface area contributed by atoms with Crippen molar-refractivity contribution >= 4 is 28.8 Å². The van der Waals surface area contributed by atoms with E-state index in [4.69, 9.17) is 4.74 Å². The van der Waals surface area contributed by atoms with E-state index < -0.39 is 0 Å². The summed E-state index contributed by atoms with van der Waals surface area (Å²) in [5.41, 5.74) is 0.722. The number of hydrogen-bond donors (Lipinski definition) is 2. The summed E-state index contributed by atoms with van der Waals surface area (Å²) < 4.78 is 5.32. The van der Waals surface area contributed by atoms with E-state index in [0.717, 1.165) is 50.0 Å². The van der Waals surface area contributed by atoms with Crippen LogP contribution in [-0.2, 0) is 16.0 Å². The van der Waals surface area contributed by atoms with Crippen molar-refractivity contribution in [1.82, 2.24) is 20.4 Å². The standard InChI is InChI=1S/C20H27N5O3S/c26-17(21-10-5-11-25-12-14-28-15-13-25)8-4-9-18-23-24-20(29-18)19(27)22-16-6-2-1-3-7-16/h1-3,6-7H,4-5,8-15H2,(H,21,26)(H,22,27). The van der Waals surface area contributed by atoms with Gasteiger partial charge in [-0.3, -0.25) is 14.5 Å². The number of aromatic nitrogens is 2. The molecule has 8 nitrogen and oxygen atoms in total. The largest absolute Gasteiger partial charge is 0.379 e. The summed E-state index contributed by atoms with van der Waals surface area (Å²) in [5.74, 6) is -0.212. The second-order valence-corrected chi connectivity index (χ2v) is 7.89. The third kappa shape index (κ3) is 7.52. The van der Waals surface area contributed by atoms with E-state index in [1.807, 2.05) is 30.3 Å². The highest BCUT2D eigenvalue weighted by atomic mass is 32.1. The Kier molecular flexibility index (Phi) is 8.54. The molecular weight excluding hydrogens is 390 g/mol. The van der Waals surface area contributed by atoms with Crippen LogP contribution in [0.15, 0.2) is 30.3 Å². The predicted molar refractivity (Wildman–Crippen MR) is 112 cm³/mol. The van der Waals surface area contributed by atoms with Gasteiger partial charge in [-0.05, 0) is 31.5 Å². The molecule has 0 spiro atoms. The lowest BCUT2D eigenvalue weighted by Crippen LogP contribution is -2.38. The van der Waals surface area contributed by atoms with Gasteiger partial charge in [0.05, 0.1) is 13.2 Å². The number of morpholine rings is 1. The third-order valence-corrected chi connectivity index (χ3v) is 5.55. The molecule has 1 aliphatic rings.